The molecule has 1 amide bonds. The van der Waals surface area contributed by atoms with Gasteiger partial charge in [0, 0.05) is 61.6 Å². The van der Waals surface area contributed by atoms with E-state index in [0.29, 0.717) is 17.1 Å². The summed E-state index contributed by atoms with van der Waals surface area (Å²) in [5, 5.41) is 2.69. The Bertz CT molecular complexity index is 1060. The summed E-state index contributed by atoms with van der Waals surface area (Å²) in [6.45, 7) is 1.79. The van der Waals surface area contributed by atoms with E-state index in [1.807, 2.05) is 0 Å². The third kappa shape index (κ3) is 6.38. The van der Waals surface area contributed by atoms with E-state index in [2.05, 4.69) is 20.0 Å². The summed E-state index contributed by atoms with van der Waals surface area (Å²) in [5.74, 6) is -0.485. The number of sulfonamides is 1. The van der Waals surface area contributed by atoms with Crippen molar-refractivity contribution >= 4 is 27.3 Å². The number of hydrogen-bond donors (Lipinski definition) is 3. The maximum absolute atomic E-state index is 12.5. The van der Waals surface area contributed by atoms with Crippen molar-refractivity contribution < 1.29 is 57.3 Å². The number of anilines is 2. The van der Waals surface area contributed by atoms with E-state index >= 15 is 0 Å². The van der Waals surface area contributed by atoms with Crippen LogP contribution in [0.5, 0.6) is 0 Å². The number of aromatic nitrogens is 2. The summed E-state index contributed by atoms with van der Waals surface area (Å²) in [7, 11) is -3.73. The summed E-state index contributed by atoms with van der Waals surface area (Å²) in [6.07, 6.45) is 3.26. The van der Waals surface area contributed by atoms with E-state index in [-0.39, 0.29) is 55.4 Å². The van der Waals surface area contributed by atoms with Crippen molar-refractivity contribution in [1.29, 1.82) is 0 Å². The predicted molar refractivity (Wildman–Crippen MR) is 107 cm³/mol. The number of hydrogen-bond acceptors (Lipinski definition) is 4. The molecule has 10 heteroatoms. The van der Waals surface area contributed by atoms with Crippen molar-refractivity contribution in [3.63, 3.8) is 0 Å². The van der Waals surface area contributed by atoms with E-state index in [1.165, 1.54) is 24.5 Å². The standard InChI is InChI=1S/C19H20N5O3S.Ac/c1-13-7-8-14(24-28(26,27)16-5-3-2-4-6-16)10-18(13)23-19(25)17(20)9-15-11-21-12-22-15;/h2-8,10-12,17,20,24H,9H2,1H3,(H,21,22)(H,23,25);/q-1;/t17-;/m1./s1. The molecule has 0 fully saturated rings. The van der Waals surface area contributed by atoms with Crippen LogP contribution in [0.4, 0.5) is 11.4 Å². The number of amides is 1. The number of carbonyl (C=O) groups is 1. The zero-order valence-corrected chi connectivity index (χ0v) is 21.3. The largest absolute Gasteiger partial charge is 0.666 e. The van der Waals surface area contributed by atoms with Crippen LogP contribution < -0.4 is 10.0 Å². The minimum absolute atomic E-state index is 0. The van der Waals surface area contributed by atoms with Crippen LogP contribution in [0.25, 0.3) is 5.73 Å². The van der Waals surface area contributed by atoms with Gasteiger partial charge in [0.15, 0.2) is 0 Å². The van der Waals surface area contributed by atoms with E-state index in [1.54, 1.807) is 43.5 Å². The second-order valence-electron chi connectivity index (χ2n) is 6.27. The van der Waals surface area contributed by atoms with Gasteiger partial charge in [-0.3, -0.25) is 9.52 Å². The van der Waals surface area contributed by atoms with Gasteiger partial charge >= 0.3 is 0 Å². The van der Waals surface area contributed by atoms with Crippen LogP contribution in [0.2, 0.25) is 0 Å². The van der Waals surface area contributed by atoms with E-state index < -0.39 is 22.0 Å². The Balaban J connectivity index is 0.00000300. The van der Waals surface area contributed by atoms with Crippen molar-refractivity contribution in [3.05, 3.63) is 78.0 Å². The van der Waals surface area contributed by atoms with Crippen LogP contribution in [-0.2, 0) is 21.2 Å². The van der Waals surface area contributed by atoms with Crippen molar-refractivity contribution in [2.24, 2.45) is 0 Å². The summed E-state index contributed by atoms with van der Waals surface area (Å²) < 4.78 is 27.4. The van der Waals surface area contributed by atoms with E-state index in [4.69, 9.17) is 5.73 Å². The average Bonchev–Trinajstić information content (AvgIpc) is 3.18. The Morgan fingerprint density at radius 1 is 1.21 bits per heavy atom. The molecule has 29 heavy (non-hydrogen) atoms. The minimum atomic E-state index is -3.73. The molecule has 0 aliphatic carbocycles. The molecule has 8 nitrogen and oxygen atoms in total. The normalized spacial score (nSPS) is 11.9. The molecule has 0 spiro atoms. The maximum Gasteiger partial charge on any atom is 0.261 e. The first kappa shape index (κ1) is 23.5. The third-order valence-corrected chi connectivity index (χ3v) is 5.49. The maximum atomic E-state index is 12.5. The van der Waals surface area contributed by atoms with Gasteiger partial charge in [-0.1, -0.05) is 30.3 Å². The van der Waals surface area contributed by atoms with Crippen LogP contribution in [0.3, 0.4) is 0 Å². The molecular weight excluding hydrogens is 605 g/mol. The molecule has 3 aromatic rings. The number of benzene rings is 2. The Morgan fingerprint density at radius 3 is 2.59 bits per heavy atom. The molecule has 0 aliphatic heterocycles. The zero-order chi connectivity index (χ0) is 20.1. The average molecular weight is 625 g/mol. The SMILES string of the molecule is Cc1ccc(NS(=O)(=O)c2ccccc2)cc1NC(=O)[C@H]([NH-])Cc1cnc[nH]1.[Ac]. The number of imidazole rings is 1. The van der Waals surface area contributed by atoms with Crippen molar-refractivity contribution in [2.45, 2.75) is 24.3 Å². The van der Waals surface area contributed by atoms with Crippen LogP contribution in [0.15, 0.2) is 66.0 Å². The number of aryl methyl sites for hydroxylation is 1. The molecule has 0 aliphatic rings. The summed E-state index contributed by atoms with van der Waals surface area (Å²) in [5.41, 5.74) is 10.2. The monoisotopic (exact) mass is 625 g/mol. The number of H-pyrrole nitrogens is 1. The van der Waals surface area contributed by atoms with Crippen molar-refractivity contribution in [2.75, 3.05) is 10.0 Å². The summed E-state index contributed by atoms with van der Waals surface area (Å²) in [4.78, 5) is 19.2. The first-order valence-electron chi connectivity index (χ1n) is 8.53. The molecule has 1 atom stereocenters. The molecule has 0 saturated carbocycles. The molecular formula is C19H20AcN5O3S-. The fourth-order valence-electron chi connectivity index (χ4n) is 2.56. The smallest absolute Gasteiger partial charge is 0.261 e. The second-order valence-corrected chi connectivity index (χ2v) is 7.95. The van der Waals surface area contributed by atoms with E-state index in [9.17, 15) is 13.2 Å². The molecule has 0 unspecified atom stereocenters. The molecule has 1 heterocycles. The molecule has 1 aromatic heterocycles. The van der Waals surface area contributed by atoms with Gasteiger partial charge < -0.3 is 16.0 Å². The number of rotatable bonds is 7. The van der Waals surface area contributed by atoms with Gasteiger partial charge in [0.25, 0.3) is 10.0 Å². The van der Waals surface area contributed by atoms with Gasteiger partial charge in [0.05, 0.1) is 16.9 Å². The van der Waals surface area contributed by atoms with Crippen molar-refractivity contribution in [3.8, 4) is 0 Å². The predicted octanol–water partition coefficient (Wildman–Crippen LogP) is 3.12. The molecule has 0 bridgehead atoms. The van der Waals surface area contributed by atoms with Gasteiger partial charge in [-0.15, -0.1) is 0 Å². The van der Waals surface area contributed by atoms with Crippen LogP contribution >= 0.6 is 0 Å². The Hall–Kier alpha value is -1.73. The van der Waals surface area contributed by atoms with Gasteiger partial charge in [0.2, 0.25) is 5.91 Å². The number of nitrogens with zero attached hydrogens (tertiary/aromatic N) is 1. The Labute approximate surface area is 205 Å². The first-order chi connectivity index (χ1) is 13.3. The molecule has 0 saturated heterocycles. The number of carbonyl (C=O) groups excluding carboxylic acids is 1. The fourth-order valence-corrected chi connectivity index (χ4v) is 3.63. The van der Waals surface area contributed by atoms with Gasteiger partial charge in [-0.25, -0.2) is 13.4 Å². The molecule has 3 rings (SSSR count). The molecule has 4 N–H and O–H groups in total. The van der Waals surface area contributed by atoms with Gasteiger partial charge in [-0.05, 0) is 43.2 Å². The summed E-state index contributed by atoms with van der Waals surface area (Å²) in [6, 6.07) is 11.9. The number of aromatic amines is 1. The zero-order valence-electron chi connectivity index (χ0n) is 15.7. The number of nitrogens with one attached hydrogen (secondary N) is 4. The van der Waals surface area contributed by atoms with Crippen LogP contribution in [0, 0.1) is 51.0 Å². The summed E-state index contributed by atoms with van der Waals surface area (Å²) >= 11 is 0. The van der Waals surface area contributed by atoms with E-state index in [0.717, 1.165) is 5.56 Å². The quantitative estimate of drug-likeness (QED) is 0.373. The molecule has 149 valence electrons. The first-order valence-corrected chi connectivity index (χ1v) is 10.0. The molecule has 2 aromatic carbocycles. The Kier molecular flexibility index (Phi) is 8.40. The topological polar surface area (TPSA) is 128 Å². The van der Waals surface area contributed by atoms with Crippen molar-refractivity contribution in [1.82, 2.24) is 9.97 Å². The third-order valence-electron chi connectivity index (χ3n) is 4.10. The molecule has 1 radical (unpaired) electrons. The van der Waals surface area contributed by atoms with Crippen LogP contribution in [-0.4, -0.2) is 30.3 Å². The van der Waals surface area contributed by atoms with Gasteiger partial charge in [0.1, 0.15) is 0 Å². The van der Waals surface area contributed by atoms with Gasteiger partial charge in [-0.2, -0.15) is 0 Å². The minimum Gasteiger partial charge on any atom is -0.666 e. The Morgan fingerprint density at radius 2 is 1.93 bits per heavy atom. The van der Waals surface area contributed by atoms with Crippen LogP contribution in [0.1, 0.15) is 11.3 Å². The second kappa shape index (κ2) is 10.3. The fraction of sp³-hybridized carbons (Fsp3) is 0.158.